The van der Waals surface area contributed by atoms with Gasteiger partial charge in [0.2, 0.25) is 5.78 Å². The average Bonchev–Trinajstić information content (AvgIpc) is 2.80. The van der Waals surface area contributed by atoms with Crippen LogP contribution < -0.4 is 5.43 Å². The fourth-order valence-corrected chi connectivity index (χ4v) is 3.78. The molecule has 0 amide bonds. The number of hydrogen-bond donors (Lipinski definition) is 0. The van der Waals surface area contributed by atoms with Crippen LogP contribution in [0.4, 0.5) is 0 Å². The van der Waals surface area contributed by atoms with Crippen molar-refractivity contribution in [2.75, 3.05) is 0 Å². The number of Topliss-reactive ketones (excluding diaryl/α,β-unsaturated/α-hetero) is 1. The molecule has 1 aliphatic carbocycles. The average molecular weight is 451 g/mol. The highest BCUT2D eigenvalue weighted by atomic mass is 35.5. The topological polar surface area (TPSA) is 90.7 Å². The molecule has 0 N–H and O–H groups in total. The lowest BCUT2D eigenvalue weighted by atomic mass is 9.89. The summed E-state index contributed by atoms with van der Waals surface area (Å²) in [4.78, 5) is 50.9. The number of ketones is 2. The van der Waals surface area contributed by atoms with Crippen LogP contribution in [0.25, 0.3) is 11.0 Å². The number of allylic oxidation sites excluding steroid dienone is 2. The van der Waals surface area contributed by atoms with Gasteiger partial charge >= 0.3 is 5.97 Å². The maximum absolute atomic E-state index is 13.1. The molecule has 0 aliphatic heterocycles. The predicted molar refractivity (Wildman–Crippen MR) is 119 cm³/mol. The summed E-state index contributed by atoms with van der Waals surface area (Å²) in [7, 11) is 0. The van der Waals surface area contributed by atoms with Crippen LogP contribution in [0, 0.1) is 0 Å². The van der Waals surface area contributed by atoms with E-state index in [2.05, 4.69) is 0 Å². The Morgan fingerprint density at radius 1 is 1.12 bits per heavy atom. The first-order valence-corrected chi connectivity index (χ1v) is 10.5. The molecule has 32 heavy (non-hydrogen) atoms. The molecule has 0 spiro atoms. The highest BCUT2D eigenvalue weighted by Gasteiger charge is 2.31. The van der Waals surface area contributed by atoms with Crippen LogP contribution in [0.2, 0.25) is 0 Å². The van der Waals surface area contributed by atoms with Gasteiger partial charge in [0, 0.05) is 29.2 Å². The summed E-state index contributed by atoms with van der Waals surface area (Å²) in [6, 6.07) is 11.2. The first kappa shape index (κ1) is 21.7. The molecular formula is C25H19ClO6. The van der Waals surface area contributed by atoms with E-state index in [1.165, 1.54) is 12.1 Å². The zero-order valence-corrected chi connectivity index (χ0v) is 18.2. The number of ether oxygens (including phenoxy) is 1. The van der Waals surface area contributed by atoms with E-state index in [-0.39, 0.29) is 50.6 Å². The Balaban J connectivity index is 1.89. The zero-order valence-electron chi connectivity index (χ0n) is 17.4. The lowest BCUT2D eigenvalue weighted by Crippen LogP contribution is -2.19. The second-order valence-corrected chi connectivity index (χ2v) is 8.02. The van der Waals surface area contributed by atoms with Crippen LogP contribution >= 0.6 is 11.6 Å². The Morgan fingerprint density at radius 3 is 2.53 bits per heavy atom. The summed E-state index contributed by atoms with van der Waals surface area (Å²) in [5, 5.41) is -0.159. The van der Waals surface area contributed by atoms with Gasteiger partial charge in [-0.3, -0.25) is 14.4 Å². The number of benzene rings is 2. The minimum atomic E-state index is -0.594. The number of halogens is 1. The summed E-state index contributed by atoms with van der Waals surface area (Å²) < 4.78 is 11.4. The summed E-state index contributed by atoms with van der Waals surface area (Å²) in [5.74, 6) is -1.34. The molecule has 0 saturated heterocycles. The monoisotopic (exact) mass is 450 g/mol. The Bertz CT molecular complexity index is 1350. The van der Waals surface area contributed by atoms with Gasteiger partial charge in [0.1, 0.15) is 18.0 Å². The van der Waals surface area contributed by atoms with Crippen LogP contribution in [-0.2, 0) is 11.3 Å². The second-order valence-electron chi connectivity index (χ2n) is 7.61. The van der Waals surface area contributed by atoms with Gasteiger partial charge in [-0.1, -0.05) is 43.6 Å². The van der Waals surface area contributed by atoms with Crippen molar-refractivity contribution in [3.8, 4) is 0 Å². The van der Waals surface area contributed by atoms with Crippen molar-refractivity contribution < 1.29 is 23.5 Å². The minimum absolute atomic E-state index is 0.0133. The molecule has 6 nitrogen and oxygen atoms in total. The molecule has 3 aromatic rings. The van der Waals surface area contributed by atoms with Crippen molar-refractivity contribution in [3.63, 3.8) is 0 Å². The Labute approximate surface area is 188 Å². The molecule has 1 heterocycles. The van der Waals surface area contributed by atoms with E-state index in [9.17, 15) is 19.2 Å². The molecule has 7 heteroatoms. The number of fused-ring (bicyclic) bond motifs is 3. The van der Waals surface area contributed by atoms with Crippen molar-refractivity contribution in [1.29, 1.82) is 0 Å². The normalized spacial score (nSPS) is 14.2. The summed E-state index contributed by atoms with van der Waals surface area (Å²) in [6.45, 7) is 3.56. The minimum Gasteiger partial charge on any atom is -0.460 e. The van der Waals surface area contributed by atoms with Crippen molar-refractivity contribution in [2.45, 2.75) is 32.8 Å². The number of hydrogen-bond acceptors (Lipinski definition) is 6. The van der Waals surface area contributed by atoms with Gasteiger partial charge < -0.3 is 9.15 Å². The number of carbonyl (C=O) groups excluding carboxylic acids is 3. The third-order valence-electron chi connectivity index (χ3n) is 5.54. The SMILES string of the molecule is CC[C@@H](C)c1cc(=O)c2c(COC(=O)c3ccccc3)cc3c(c2o1)C(=O)C(Cl)=CC3=O. The quantitative estimate of drug-likeness (QED) is 0.498. The number of esters is 1. The zero-order chi connectivity index (χ0) is 23.0. The van der Waals surface area contributed by atoms with E-state index in [1.54, 1.807) is 30.3 Å². The summed E-state index contributed by atoms with van der Waals surface area (Å²) in [5.41, 5.74) is 0.239. The molecule has 0 saturated carbocycles. The predicted octanol–water partition coefficient (Wildman–Crippen LogP) is 5.17. The second kappa shape index (κ2) is 8.55. The highest BCUT2D eigenvalue weighted by Crippen LogP contribution is 2.33. The summed E-state index contributed by atoms with van der Waals surface area (Å²) >= 11 is 5.97. The van der Waals surface area contributed by atoms with E-state index in [4.69, 9.17) is 20.8 Å². The van der Waals surface area contributed by atoms with Gasteiger partial charge in [0.15, 0.2) is 11.2 Å². The van der Waals surface area contributed by atoms with E-state index in [1.807, 2.05) is 13.8 Å². The molecule has 1 aromatic heterocycles. The smallest absolute Gasteiger partial charge is 0.338 e. The molecule has 0 bridgehead atoms. The van der Waals surface area contributed by atoms with Gasteiger partial charge in [-0.2, -0.15) is 0 Å². The van der Waals surface area contributed by atoms with Crippen LogP contribution in [0.15, 0.2) is 62.8 Å². The third-order valence-corrected chi connectivity index (χ3v) is 5.82. The van der Waals surface area contributed by atoms with Gasteiger partial charge in [-0.15, -0.1) is 0 Å². The first-order chi connectivity index (χ1) is 15.3. The number of carbonyl (C=O) groups is 3. The highest BCUT2D eigenvalue weighted by molar-refractivity contribution is 6.50. The Hall–Kier alpha value is -3.51. The van der Waals surface area contributed by atoms with Gasteiger partial charge in [0.05, 0.1) is 21.5 Å². The molecule has 1 aliphatic rings. The molecule has 0 radical (unpaired) electrons. The molecule has 0 fully saturated rings. The Morgan fingerprint density at radius 2 is 1.84 bits per heavy atom. The lowest BCUT2D eigenvalue weighted by molar-refractivity contribution is 0.0474. The van der Waals surface area contributed by atoms with Crippen molar-refractivity contribution >= 4 is 40.1 Å². The van der Waals surface area contributed by atoms with Crippen LogP contribution in [0.5, 0.6) is 0 Å². The fraction of sp³-hybridized carbons (Fsp3) is 0.200. The molecule has 4 rings (SSSR count). The maximum Gasteiger partial charge on any atom is 0.338 e. The van der Waals surface area contributed by atoms with E-state index < -0.39 is 17.5 Å². The summed E-state index contributed by atoms with van der Waals surface area (Å²) in [6.07, 6.45) is 1.74. The Kier molecular flexibility index (Phi) is 5.80. The molecule has 0 unspecified atom stereocenters. The van der Waals surface area contributed by atoms with Crippen molar-refractivity contribution in [2.24, 2.45) is 0 Å². The maximum atomic E-state index is 13.1. The first-order valence-electron chi connectivity index (χ1n) is 10.1. The molecule has 2 aromatic carbocycles. The molecule has 1 atom stereocenters. The molecule has 162 valence electrons. The van der Waals surface area contributed by atoms with Crippen molar-refractivity contribution in [3.05, 3.63) is 91.8 Å². The third kappa shape index (κ3) is 3.78. The van der Waals surface area contributed by atoms with Gasteiger partial charge in [-0.05, 0) is 24.6 Å². The van der Waals surface area contributed by atoms with Crippen molar-refractivity contribution in [1.82, 2.24) is 0 Å². The number of rotatable bonds is 5. The lowest BCUT2D eigenvalue weighted by Gasteiger charge is -2.18. The van der Waals surface area contributed by atoms with Crippen LogP contribution in [-0.4, -0.2) is 17.5 Å². The van der Waals surface area contributed by atoms with Crippen LogP contribution in [0.3, 0.4) is 0 Å². The standard InChI is InChI=1S/C25H19ClO6/c1-3-13(2)20-11-19(28)21-15(12-31-25(30)14-7-5-4-6-8-14)9-16-18(27)10-17(26)23(29)22(16)24(21)32-20/h4-11,13H,3,12H2,1-2H3/t13-/m1/s1. The van der Waals surface area contributed by atoms with E-state index in [0.717, 1.165) is 6.08 Å². The van der Waals surface area contributed by atoms with E-state index >= 15 is 0 Å². The van der Waals surface area contributed by atoms with Gasteiger partial charge in [-0.25, -0.2) is 4.79 Å². The fourth-order valence-electron chi connectivity index (χ4n) is 3.59. The van der Waals surface area contributed by atoms with Crippen LogP contribution in [0.1, 0.15) is 68.6 Å². The largest absolute Gasteiger partial charge is 0.460 e. The van der Waals surface area contributed by atoms with Gasteiger partial charge in [0.25, 0.3) is 0 Å². The molecular weight excluding hydrogens is 432 g/mol. The van der Waals surface area contributed by atoms with E-state index in [0.29, 0.717) is 17.7 Å².